The van der Waals surface area contributed by atoms with Gasteiger partial charge < -0.3 is 15.5 Å². The maximum absolute atomic E-state index is 13.7. The van der Waals surface area contributed by atoms with Gasteiger partial charge in [-0.25, -0.2) is 9.37 Å². The van der Waals surface area contributed by atoms with Crippen molar-refractivity contribution in [3.8, 4) is 0 Å². The molecule has 1 rings (SSSR count). The predicted octanol–water partition coefficient (Wildman–Crippen LogP) is 1.01. The Hall–Kier alpha value is -1.92. The van der Waals surface area contributed by atoms with Crippen LogP contribution in [0.15, 0.2) is 6.20 Å². The molecule has 7 heteroatoms. The molecule has 106 valence electrons. The van der Waals surface area contributed by atoms with E-state index < -0.39 is 5.82 Å². The summed E-state index contributed by atoms with van der Waals surface area (Å²) in [6.07, 6.45) is 2.35. The van der Waals surface area contributed by atoms with Crippen molar-refractivity contribution in [2.24, 2.45) is 0 Å². The first kappa shape index (κ1) is 15.1. The number of rotatable bonds is 7. The molecule has 1 heterocycles. The summed E-state index contributed by atoms with van der Waals surface area (Å²) in [5, 5.41) is 5.52. The van der Waals surface area contributed by atoms with Crippen molar-refractivity contribution in [3.63, 3.8) is 0 Å². The molecule has 0 radical (unpaired) electrons. The van der Waals surface area contributed by atoms with Gasteiger partial charge in [0, 0.05) is 33.6 Å². The first-order valence-corrected chi connectivity index (χ1v) is 6.26. The Balaban J connectivity index is 2.71. The minimum atomic E-state index is -0.499. The van der Waals surface area contributed by atoms with Crippen LogP contribution in [-0.2, 0) is 4.79 Å². The molecule has 1 aromatic rings. The summed E-state index contributed by atoms with van der Waals surface area (Å²) < 4.78 is 13.7. The lowest BCUT2D eigenvalue weighted by atomic mass is 10.3. The molecule has 0 atom stereocenters. The Bertz CT molecular complexity index is 427. The fourth-order valence-electron chi connectivity index (χ4n) is 1.45. The summed E-state index contributed by atoms with van der Waals surface area (Å²) in [5.41, 5.74) is 0. The Kier molecular flexibility index (Phi) is 5.98. The molecule has 0 fully saturated rings. The van der Waals surface area contributed by atoms with Crippen LogP contribution in [0.3, 0.4) is 0 Å². The largest absolute Gasteiger partial charge is 0.359 e. The number of nitrogens with zero attached hydrogens (tertiary/aromatic N) is 3. The molecule has 1 aromatic heterocycles. The molecular weight excluding hydrogens is 249 g/mol. The summed E-state index contributed by atoms with van der Waals surface area (Å²) in [6.45, 7) is 3.14. The highest BCUT2D eigenvalue weighted by atomic mass is 19.1. The lowest BCUT2D eigenvalue weighted by molar-refractivity contribution is -0.120. The third-order valence-electron chi connectivity index (χ3n) is 2.57. The summed E-state index contributed by atoms with van der Waals surface area (Å²) in [5.74, 6) is -0.00495. The standard InChI is InChI=1S/C12H20FN5O/c1-4-6-15-12-16-8-9(13)11(17-12)18(3)7-5-10(19)14-2/h8H,4-7H2,1-3H3,(H,14,19)(H,15,16,17). The van der Waals surface area contributed by atoms with Crippen LogP contribution >= 0.6 is 0 Å². The smallest absolute Gasteiger partial charge is 0.224 e. The van der Waals surface area contributed by atoms with Crippen LogP contribution in [0.1, 0.15) is 19.8 Å². The van der Waals surface area contributed by atoms with E-state index in [-0.39, 0.29) is 18.1 Å². The molecule has 6 nitrogen and oxygen atoms in total. The van der Waals surface area contributed by atoms with Crippen molar-refractivity contribution in [1.82, 2.24) is 15.3 Å². The second kappa shape index (κ2) is 7.50. The van der Waals surface area contributed by atoms with Crippen LogP contribution in [0.5, 0.6) is 0 Å². The lowest BCUT2D eigenvalue weighted by Gasteiger charge is -2.18. The highest BCUT2D eigenvalue weighted by Gasteiger charge is 2.12. The first-order valence-electron chi connectivity index (χ1n) is 6.26. The normalized spacial score (nSPS) is 10.1. The number of nitrogens with one attached hydrogen (secondary N) is 2. The number of anilines is 2. The van der Waals surface area contributed by atoms with Crippen LogP contribution < -0.4 is 15.5 Å². The molecule has 0 saturated carbocycles. The Morgan fingerprint density at radius 3 is 2.89 bits per heavy atom. The lowest BCUT2D eigenvalue weighted by Crippen LogP contribution is -2.27. The van der Waals surface area contributed by atoms with Gasteiger partial charge in [-0.2, -0.15) is 4.98 Å². The van der Waals surface area contributed by atoms with Gasteiger partial charge in [0.15, 0.2) is 11.6 Å². The molecule has 0 unspecified atom stereocenters. The number of aromatic nitrogens is 2. The topological polar surface area (TPSA) is 70.2 Å². The summed E-state index contributed by atoms with van der Waals surface area (Å²) >= 11 is 0. The van der Waals surface area contributed by atoms with Gasteiger partial charge in [0.05, 0.1) is 6.20 Å². The van der Waals surface area contributed by atoms with E-state index in [2.05, 4.69) is 20.6 Å². The summed E-state index contributed by atoms with van der Waals surface area (Å²) in [4.78, 5) is 20.7. The van der Waals surface area contributed by atoms with Crippen LogP contribution in [0.2, 0.25) is 0 Å². The molecule has 0 aliphatic rings. The van der Waals surface area contributed by atoms with Gasteiger partial charge in [-0.15, -0.1) is 0 Å². The number of amides is 1. The third-order valence-corrected chi connectivity index (χ3v) is 2.57. The van der Waals surface area contributed by atoms with E-state index >= 15 is 0 Å². The molecule has 1 amide bonds. The quantitative estimate of drug-likeness (QED) is 0.773. The maximum Gasteiger partial charge on any atom is 0.224 e. The summed E-state index contributed by atoms with van der Waals surface area (Å²) in [6, 6.07) is 0. The zero-order chi connectivity index (χ0) is 14.3. The predicted molar refractivity (Wildman–Crippen MR) is 72.7 cm³/mol. The average molecular weight is 269 g/mol. The zero-order valence-corrected chi connectivity index (χ0v) is 11.5. The molecule has 0 spiro atoms. The Morgan fingerprint density at radius 2 is 2.26 bits per heavy atom. The number of hydrogen-bond acceptors (Lipinski definition) is 5. The molecule has 2 N–H and O–H groups in total. The number of carbonyl (C=O) groups is 1. The van der Waals surface area contributed by atoms with E-state index in [4.69, 9.17) is 0 Å². The summed E-state index contributed by atoms with van der Waals surface area (Å²) in [7, 11) is 3.26. The van der Waals surface area contributed by atoms with Crippen LogP contribution in [0.25, 0.3) is 0 Å². The number of halogens is 1. The van der Waals surface area contributed by atoms with Gasteiger partial charge >= 0.3 is 0 Å². The van der Waals surface area contributed by atoms with Gasteiger partial charge in [0.1, 0.15) is 0 Å². The van der Waals surface area contributed by atoms with Crippen molar-refractivity contribution >= 4 is 17.7 Å². The maximum atomic E-state index is 13.7. The molecule has 19 heavy (non-hydrogen) atoms. The highest BCUT2D eigenvalue weighted by molar-refractivity contribution is 5.76. The van der Waals surface area contributed by atoms with Gasteiger partial charge in [0.2, 0.25) is 11.9 Å². The van der Waals surface area contributed by atoms with Crippen LogP contribution in [0, 0.1) is 5.82 Å². The second-order valence-corrected chi connectivity index (χ2v) is 4.14. The number of hydrogen-bond donors (Lipinski definition) is 2. The van der Waals surface area contributed by atoms with Crippen LogP contribution in [0.4, 0.5) is 16.2 Å². The van der Waals surface area contributed by atoms with E-state index in [1.165, 1.54) is 0 Å². The van der Waals surface area contributed by atoms with Crippen molar-refractivity contribution < 1.29 is 9.18 Å². The van der Waals surface area contributed by atoms with Crippen LogP contribution in [-0.4, -0.2) is 43.1 Å². The average Bonchev–Trinajstić information content (AvgIpc) is 2.43. The van der Waals surface area contributed by atoms with E-state index in [0.29, 0.717) is 12.5 Å². The monoisotopic (exact) mass is 269 g/mol. The van der Waals surface area contributed by atoms with E-state index in [1.807, 2.05) is 6.92 Å². The molecule has 0 aromatic carbocycles. The van der Waals surface area contributed by atoms with Crippen molar-refractivity contribution in [2.75, 3.05) is 37.4 Å². The minimum Gasteiger partial charge on any atom is -0.359 e. The van der Waals surface area contributed by atoms with Gasteiger partial charge in [-0.05, 0) is 6.42 Å². The highest BCUT2D eigenvalue weighted by Crippen LogP contribution is 2.16. The zero-order valence-electron chi connectivity index (χ0n) is 11.5. The molecule has 0 aliphatic heterocycles. The number of carbonyl (C=O) groups excluding carboxylic acids is 1. The van der Waals surface area contributed by atoms with Crippen molar-refractivity contribution in [1.29, 1.82) is 0 Å². The van der Waals surface area contributed by atoms with Gasteiger partial charge in [0.25, 0.3) is 0 Å². The second-order valence-electron chi connectivity index (χ2n) is 4.14. The Labute approximate surface area is 112 Å². The molecular formula is C12H20FN5O. The van der Waals surface area contributed by atoms with E-state index in [1.54, 1.807) is 19.0 Å². The molecule has 0 aliphatic carbocycles. The van der Waals surface area contributed by atoms with E-state index in [9.17, 15) is 9.18 Å². The third kappa shape index (κ3) is 4.69. The Morgan fingerprint density at radius 1 is 1.53 bits per heavy atom. The van der Waals surface area contributed by atoms with Crippen molar-refractivity contribution in [3.05, 3.63) is 12.0 Å². The minimum absolute atomic E-state index is 0.0920. The molecule has 0 bridgehead atoms. The van der Waals surface area contributed by atoms with Gasteiger partial charge in [-0.3, -0.25) is 4.79 Å². The van der Waals surface area contributed by atoms with Gasteiger partial charge in [-0.1, -0.05) is 6.92 Å². The first-order chi connectivity index (χ1) is 9.08. The fourth-order valence-corrected chi connectivity index (χ4v) is 1.45. The SMILES string of the molecule is CCCNc1ncc(F)c(N(C)CCC(=O)NC)n1. The fraction of sp³-hybridized carbons (Fsp3) is 0.583. The molecule has 0 saturated heterocycles. The van der Waals surface area contributed by atoms with E-state index in [0.717, 1.165) is 19.2 Å². The van der Waals surface area contributed by atoms with Crippen molar-refractivity contribution in [2.45, 2.75) is 19.8 Å².